The molecule has 0 radical (unpaired) electrons. The van der Waals surface area contributed by atoms with E-state index in [-0.39, 0.29) is 23.4 Å². The number of methoxy groups -OCH3 is 1. The van der Waals surface area contributed by atoms with Crippen LogP contribution in [0.2, 0.25) is 0 Å². The monoisotopic (exact) mass is 393 g/mol. The molecule has 3 aromatic rings. The van der Waals surface area contributed by atoms with E-state index < -0.39 is 6.61 Å². The Hall–Kier alpha value is -2.51. The van der Waals surface area contributed by atoms with Gasteiger partial charge in [-0.1, -0.05) is 24.3 Å². The van der Waals surface area contributed by atoms with Crippen molar-refractivity contribution in [3.05, 3.63) is 81.8 Å². The van der Waals surface area contributed by atoms with Crippen LogP contribution in [0.3, 0.4) is 0 Å². The predicted molar refractivity (Wildman–Crippen MR) is 99.0 cm³/mol. The molecule has 3 rings (SSSR count). The first kappa shape index (κ1) is 19.3. The summed E-state index contributed by atoms with van der Waals surface area (Å²) in [5, 5.41) is 5.41. The SMILES string of the molecule is COc1cc(CNC(c2ccc(F)cc2)c2cccs2)ccc1OC(F)F. The summed E-state index contributed by atoms with van der Waals surface area (Å²) >= 11 is 1.60. The molecular formula is C20H18F3NO2S. The number of hydrogen-bond acceptors (Lipinski definition) is 4. The highest BCUT2D eigenvalue weighted by Gasteiger charge is 2.16. The third-order valence-electron chi connectivity index (χ3n) is 3.99. The zero-order valence-electron chi connectivity index (χ0n) is 14.5. The standard InChI is InChI=1S/C20H18F3NO2S/c1-25-17-11-13(4-9-16(17)26-20(22)23)12-24-19(18-3-2-10-27-18)14-5-7-15(21)8-6-14/h2-11,19-20,24H,12H2,1H3. The molecule has 1 aromatic heterocycles. The van der Waals surface area contributed by atoms with E-state index in [0.29, 0.717) is 6.54 Å². The number of ether oxygens (including phenoxy) is 2. The first-order valence-corrected chi connectivity index (χ1v) is 9.08. The molecule has 1 heterocycles. The van der Waals surface area contributed by atoms with E-state index in [0.717, 1.165) is 16.0 Å². The van der Waals surface area contributed by atoms with Crippen molar-refractivity contribution in [3.63, 3.8) is 0 Å². The zero-order chi connectivity index (χ0) is 19.2. The maximum absolute atomic E-state index is 13.3. The van der Waals surface area contributed by atoms with Crippen molar-refractivity contribution in [1.29, 1.82) is 0 Å². The largest absolute Gasteiger partial charge is 0.493 e. The quantitative estimate of drug-likeness (QED) is 0.558. The number of nitrogens with one attached hydrogen (secondary N) is 1. The van der Waals surface area contributed by atoms with Crippen molar-refractivity contribution in [3.8, 4) is 11.5 Å². The Morgan fingerprint density at radius 2 is 1.81 bits per heavy atom. The Bertz CT molecular complexity index is 854. The molecule has 0 aliphatic heterocycles. The molecule has 0 aliphatic carbocycles. The summed E-state index contributed by atoms with van der Waals surface area (Å²) in [4.78, 5) is 1.09. The average Bonchev–Trinajstić information content (AvgIpc) is 3.18. The maximum Gasteiger partial charge on any atom is 0.387 e. The van der Waals surface area contributed by atoms with E-state index in [2.05, 4.69) is 10.1 Å². The number of thiophene rings is 1. The highest BCUT2D eigenvalue weighted by Crippen LogP contribution is 2.31. The normalized spacial score (nSPS) is 12.2. The second-order valence-electron chi connectivity index (χ2n) is 5.74. The van der Waals surface area contributed by atoms with E-state index >= 15 is 0 Å². The van der Waals surface area contributed by atoms with Crippen molar-refractivity contribution in [2.45, 2.75) is 19.2 Å². The summed E-state index contributed by atoms with van der Waals surface area (Å²) in [6.07, 6.45) is 0. The van der Waals surface area contributed by atoms with Crippen LogP contribution in [0.4, 0.5) is 13.2 Å². The number of alkyl halides is 2. The van der Waals surface area contributed by atoms with Crippen LogP contribution in [-0.4, -0.2) is 13.7 Å². The lowest BCUT2D eigenvalue weighted by atomic mass is 10.0. The molecular weight excluding hydrogens is 375 g/mol. The van der Waals surface area contributed by atoms with Gasteiger partial charge in [0, 0.05) is 11.4 Å². The Balaban J connectivity index is 1.78. The highest BCUT2D eigenvalue weighted by atomic mass is 32.1. The number of halogens is 3. The van der Waals surface area contributed by atoms with Gasteiger partial charge in [-0.15, -0.1) is 11.3 Å². The van der Waals surface area contributed by atoms with Crippen LogP contribution in [0.25, 0.3) is 0 Å². The molecule has 7 heteroatoms. The Morgan fingerprint density at radius 3 is 2.44 bits per heavy atom. The first-order chi connectivity index (χ1) is 13.1. The molecule has 1 unspecified atom stereocenters. The van der Waals surface area contributed by atoms with Crippen LogP contribution < -0.4 is 14.8 Å². The van der Waals surface area contributed by atoms with Crippen LogP contribution >= 0.6 is 11.3 Å². The molecule has 1 N–H and O–H groups in total. The first-order valence-electron chi connectivity index (χ1n) is 8.21. The summed E-state index contributed by atoms with van der Waals surface area (Å²) in [7, 11) is 1.40. The van der Waals surface area contributed by atoms with Crippen molar-refractivity contribution in [2.75, 3.05) is 7.11 Å². The average molecular weight is 393 g/mol. The predicted octanol–water partition coefficient (Wildman–Crippen LogP) is 5.38. The van der Waals surface area contributed by atoms with Gasteiger partial charge in [-0.2, -0.15) is 8.78 Å². The molecule has 2 aromatic carbocycles. The van der Waals surface area contributed by atoms with Gasteiger partial charge in [-0.05, 0) is 46.8 Å². The summed E-state index contributed by atoms with van der Waals surface area (Å²) in [5.74, 6) is -0.0586. The molecule has 142 valence electrons. The van der Waals surface area contributed by atoms with Gasteiger partial charge in [0.25, 0.3) is 0 Å². The molecule has 0 spiro atoms. The third-order valence-corrected chi connectivity index (χ3v) is 4.92. The van der Waals surface area contributed by atoms with Gasteiger partial charge in [0.1, 0.15) is 5.82 Å². The Labute approximate surface area is 159 Å². The van der Waals surface area contributed by atoms with Gasteiger partial charge in [0.05, 0.1) is 13.2 Å². The lowest BCUT2D eigenvalue weighted by Gasteiger charge is -2.19. The van der Waals surface area contributed by atoms with Crippen molar-refractivity contribution < 1.29 is 22.6 Å². The van der Waals surface area contributed by atoms with Crippen LogP contribution in [0, 0.1) is 5.82 Å². The minimum atomic E-state index is -2.91. The molecule has 0 saturated heterocycles. The van der Waals surface area contributed by atoms with Gasteiger partial charge in [0.15, 0.2) is 11.5 Å². The number of benzene rings is 2. The fourth-order valence-electron chi connectivity index (χ4n) is 2.73. The fraction of sp³-hybridized carbons (Fsp3) is 0.200. The number of hydrogen-bond donors (Lipinski definition) is 1. The molecule has 0 saturated carbocycles. The maximum atomic E-state index is 13.3. The van der Waals surface area contributed by atoms with E-state index in [1.807, 2.05) is 17.5 Å². The highest BCUT2D eigenvalue weighted by molar-refractivity contribution is 7.10. The summed E-state index contributed by atoms with van der Waals surface area (Å²) < 4.78 is 47.7. The topological polar surface area (TPSA) is 30.5 Å². The Kier molecular flexibility index (Phi) is 6.36. The summed E-state index contributed by atoms with van der Waals surface area (Å²) in [6.45, 7) is -2.45. The van der Waals surface area contributed by atoms with Gasteiger partial charge >= 0.3 is 6.61 Å². The molecule has 1 atom stereocenters. The van der Waals surface area contributed by atoms with Gasteiger partial charge in [-0.25, -0.2) is 4.39 Å². The molecule has 0 bridgehead atoms. The van der Waals surface area contributed by atoms with E-state index in [4.69, 9.17) is 4.74 Å². The minimum Gasteiger partial charge on any atom is -0.493 e. The van der Waals surface area contributed by atoms with E-state index in [9.17, 15) is 13.2 Å². The van der Waals surface area contributed by atoms with Crippen LogP contribution in [0.1, 0.15) is 22.0 Å². The number of rotatable bonds is 8. The second-order valence-corrected chi connectivity index (χ2v) is 6.72. The summed E-state index contributed by atoms with van der Waals surface area (Å²) in [6, 6.07) is 15.0. The van der Waals surface area contributed by atoms with Gasteiger partial charge in [-0.3, -0.25) is 0 Å². The molecule has 0 amide bonds. The van der Waals surface area contributed by atoms with Crippen LogP contribution in [0.5, 0.6) is 11.5 Å². The minimum absolute atomic E-state index is 0.00964. The van der Waals surface area contributed by atoms with Gasteiger partial charge in [0.2, 0.25) is 0 Å². The smallest absolute Gasteiger partial charge is 0.387 e. The molecule has 3 nitrogen and oxygen atoms in total. The molecule has 0 fully saturated rings. The summed E-state index contributed by atoms with van der Waals surface area (Å²) in [5.41, 5.74) is 1.78. The van der Waals surface area contributed by atoms with Crippen LogP contribution in [0.15, 0.2) is 60.0 Å². The molecule has 27 heavy (non-hydrogen) atoms. The lowest BCUT2D eigenvalue weighted by molar-refractivity contribution is -0.0512. The zero-order valence-corrected chi connectivity index (χ0v) is 15.3. The van der Waals surface area contributed by atoms with Crippen molar-refractivity contribution in [2.24, 2.45) is 0 Å². The Morgan fingerprint density at radius 1 is 1.04 bits per heavy atom. The molecule has 0 aliphatic rings. The third kappa shape index (κ3) is 5.02. The van der Waals surface area contributed by atoms with E-state index in [1.54, 1.807) is 35.6 Å². The van der Waals surface area contributed by atoms with Crippen molar-refractivity contribution >= 4 is 11.3 Å². The second kappa shape index (κ2) is 8.92. The van der Waals surface area contributed by atoms with Gasteiger partial charge < -0.3 is 14.8 Å². The lowest BCUT2D eigenvalue weighted by Crippen LogP contribution is -2.21. The fourth-order valence-corrected chi connectivity index (χ4v) is 3.56. The van der Waals surface area contributed by atoms with E-state index in [1.165, 1.54) is 25.3 Å². The van der Waals surface area contributed by atoms with Crippen LogP contribution in [-0.2, 0) is 6.54 Å². The van der Waals surface area contributed by atoms with Crippen molar-refractivity contribution in [1.82, 2.24) is 5.32 Å².